The molecule has 0 saturated heterocycles. The third-order valence-electron chi connectivity index (χ3n) is 8.65. The van der Waals surface area contributed by atoms with Gasteiger partial charge in [0.1, 0.15) is 11.8 Å². The number of unbranched alkanes of at least 4 members (excludes halogenated alkanes) is 8. The summed E-state index contributed by atoms with van der Waals surface area (Å²) in [4.78, 5) is 63.1. The van der Waals surface area contributed by atoms with Crippen LogP contribution in [0.25, 0.3) is 11.1 Å². The van der Waals surface area contributed by atoms with E-state index in [1.54, 1.807) is 18.2 Å². The van der Waals surface area contributed by atoms with Crippen molar-refractivity contribution >= 4 is 35.3 Å². The van der Waals surface area contributed by atoms with Crippen molar-refractivity contribution < 1.29 is 39.3 Å². The van der Waals surface area contributed by atoms with Gasteiger partial charge in [-0.25, -0.2) is 4.79 Å². The predicted octanol–water partition coefficient (Wildman–Crippen LogP) is 7.15. The van der Waals surface area contributed by atoms with Crippen molar-refractivity contribution in [1.29, 1.82) is 0 Å². The molecule has 0 aliphatic carbocycles. The Labute approximate surface area is 290 Å². The minimum Gasteiger partial charge on any atom is -0.481 e. The van der Waals surface area contributed by atoms with Crippen LogP contribution in [0.1, 0.15) is 96.0 Å². The normalized spacial score (nSPS) is 13.0. The number of carbonyl (C=O) groups excluding carboxylic acids is 2. The number of ketones is 1. The molecule has 2 rings (SSSR count). The highest BCUT2D eigenvalue weighted by Gasteiger charge is 2.35. The molecule has 0 fully saturated rings. The number of aliphatic carboxylic acids is 3. The fourth-order valence-electron chi connectivity index (χ4n) is 5.68. The molecule has 4 N–H and O–H groups in total. The van der Waals surface area contributed by atoms with Gasteiger partial charge >= 0.3 is 17.9 Å². The van der Waals surface area contributed by atoms with E-state index in [2.05, 4.69) is 12.2 Å². The van der Waals surface area contributed by atoms with E-state index >= 15 is 0 Å². The number of nitrogens with one attached hydrogen (secondary N) is 1. The molecule has 0 aliphatic rings. The zero-order chi connectivity index (χ0) is 36.2. The fraction of sp³-hybridized carbons (Fsp3) is 0.513. The summed E-state index contributed by atoms with van der Waals surface area (Å²) in [6, 6.07) is 13.9. The van der Waals surface area contributed by atoms with E-state index in [4.69, 9.17) is 0 Å². The third-order valence-corrected chi connectivity index (χ3v) is 8.65. The molecule has 2 aromatic carbocycles. The van der Waals surface area contributed by atoms with Gasteiger partial charge < -0.3 is 25.5 Å². The van der Waals surface area contributed by atoms with E-state index in [9.17, 15) is 39.3 Å². The number of Topliss-reactive ketones (excluding diaryl/α,β-unsaturated/α-hetero) is 1. The molecule has 0 aliphatic heterocycles. The molecule has 10 nitrogen and oxygen atoms in total. The van der Waals surface area contributed by atoms with Crippen molar-refractivity contribution in [3.8, 4) is 11.1 Å². The summed E-state index contributed by atoms with van der Waals surface area (Å²) >= 11 is 0. The number of allylic oxidation sites excluding steroid dienone is 1. The lowest BCUT2D eigenvalue weighted by atomic mass is 9.87. The van der Waals surface area contributed by atoms with E-state index in [0.717, 1.165) is 55.3 Å². The number of carbonyl (C=O) groups is 5. The number of amides is 1. The van der Waals surface area contributed by atoms with Gasteiger partial charge in [0.05, 0.1) is 18.3 Å². The summed E-state index contributed by atoms with van der Waals surface area (Å²) < 4.78 is 0. The maximum Gasteiger partial charge on any atom is 0.326 e. The number of benzene rings is 2. The van der Waals surface area contributed by atoms with Crippen LogP contribution in [0.4, 0.5) is 5.69 Å². The lowest BCUT2D eigenvalue weighted by Gasteiger charge is -2.22. The van der Waals surface area contributed by atoms with E-state index < -0.39 is 48.1 Å². The third kappa shape index (κ3) is 15.5. The molecule has 268 valence electrons. The Morgan fingerprint density at radius 1 is 0.735 bits per heavy atom. The Balaban J connectivity index is 1.98. The van der Waals surface area contributed by atoms with Crippen LogP contribution in [0.15, 0.2) is 60.7 Å². The molecule has 2 aromatic rings. The molecule has 3 atom stereocenters. The minimum absolute atomic E-state index is 0.0462. The van der Waals surface area contributed by atoms with E-state index in [-0.39, 0.29) is 6.42 Å². The molecule has 49 heavy (non-hydrogen) atoms. The monoisotopic (exact) mass is 678 g/mol. The lowest BCUT2D eigenvalue weighted by Crippen LogP contribution is -2.47. The number of carboxylic acids is 3. The van der Waals surface area contributed by atoms with Gasteiger partial charge in [-0.15, -0.1) is 0 Å². The van der Waals surface area contributed by atoms with Crippen LogP contribution in [0.5, 0.6) is 0 Å². The first-order chi connectivity index (χ1) is 23.4. The van der Waals surface area contributed by atoms with Gasteiger partial charge in [0.15, 0.2) is 0 Å². The molecular formula is C39H54N2O8. The van der Waals surface area contributed by atoms with Crippen LogP contribution >= 0.6 is 0 Å². The second-order valence-corrected chi connectivity index (χ2v) is 12.9. The van der Waals surface area contributed by atoms with Crippen LogP contribution in [0.3, 0.4) is 0 Å². The van der Waals surface area contributed by atoms with Gasteiger partial charge in [-0.1, -0.05) is 94.0 Å². The number of rotatable bonds is 25. The highest BCUT2D eigenvalue weighted by molar-refractivity contribution is 5.91. The van der Waals surface area contributed by atoms with Gasteiger partial charge in [-0.2, -0.15) is 0 Å². The number of hydrogen-bond donors (Lipinski definition) is 4. The standard InChI is InChI=1S/C39H54N2O8/c1-4-5-6-9-12-15-32(42)16-13-10-7-8-11-14-17-33(34(38(46)47)27-36(43)44)37(45)40-35(39(48)49)26-28-18-20-29(21-19-28)30-22-24-31(25-23-30)41(2)3/h14,17-25,33-35H,4-13,15-16,26-27H2,1-3H3,(H,40,45)(H,43,44)(H,46,47)(H,48,49)/b17-14+/t33-,34+,35-/m0/s1. The van der Waals surface area contributed by atoms with Gasteiger partial charge in [-0.05, 0) is 54.5 Å². The summed E-state index contributed by atoms with van der Waals surface area (Å²) in [7, 11) is 3.92. The highest BCUT2D eigenvalue weighted by Crippen LogP contribution is 2.24. The summed E-state index contributed by atoms with van der Waals surface area (Å²) in [6.07, 6.45) is 12.8. The lowest BCUT2D eigenvalue weighted by molar-refractivity contribution is -0.152. The maximum absolute atomic E-state index is 13.4. The quantitative estimate of drug-likeness (QED) is 0.0631. The fourth-order valence-corrected chi connectivity index (χ4v) is 5.68. The molecule has 0 spiro atoms. The second kappa shape index (κ2) is 22.2. The largest absolute Gasteiger partial charge is 0.481 e. The van der Waals surface area contributed by atoms with Crippen molar-refractivity contribution in [1.82, 2.24) is 5.32 Å². The Bertz CT molecular complexity index is 1370. The first-order valence-corrected chi connectivity index (χ1v) is 17.5. The summed E-state index contributed by atoms with van der Waals surface area (Å²) in [5.41, 5.74) is 3.65. The summed E-state index contributed by atoms with van der Waals surface area (Å²) in [5.74, 6) is -7.63. The molecule has 0 heterocycles. The van der Waals surface area contributed by atoms with Gasteiger partial charge in [0.25, 0.3) is 0 Å². The van der Waals surface area contributed by atoms with E-state index in [1.807, 2.05) is 55.4 Å². The minimum atomic E-state index is -1.57. The number of nitrogens with zero attached hydrogens (tertiary/aromatic N) is 1. The number of anilines is 1. The van der Waals surface area contributed by atoms with Crippen LogP contribution in [-0.2, 0) is 30.4 Å². The van der Waals surface area contributed by atoms with E-state index in [1.165, 1.54) is 25.3 Å². The average molecular weight is 679 g/mol. The van der Waals surface area contributed by atoms with Crippen molar-refractivity contribution in [2.24, 2.45) is 11.8 Å². The molecule has 0 bridgehead atoms. The van der Waals surface area contributed by atoms with Gasteiger partial charge in [-0.3, -0.25) is 19.2 Å². The smallest absolute Gasteiger partial charge is 0.326 e. The zero-order valence-electron chi connectivity index (χ0n) is 29.2. The number of hydrogen-bond acceptors (Lipinski definition) is 6. The van der Waals surface area contributed by atoms with Crippen LogP contribution in [0, 0.1) is 11.8 Å². The average Bonchev–Trinajstić information content (AvgIpc) is 3.06. The first kappa shape index (κ1) is 40.7. The Morgan fingerprint density at radius 2 is 1.29 bits per heavy atom. The van der Waals surface area contributed by atoms with Crippen molar-refractivity contribution in [2.45, 2.75) is 103 Å². The molecule has 1 amide bonds. The topological polar surface area (TPSA) is 161 Å². The predicted molar refractivity (Wildman–Crippen MR) is 192 cm³/mol. The van der Waals surface area contributed by atoms with Crippen molar-refractivity contribution in [3.63, 3.8) is 0 Å². The molecule has 0 aromatic heterocycles. The molecule has 10 heteroatoms. The summed E-state index contributed by atoms with van der Waals surface area (Å²) in [5, 5.41) is 31.5. The Hall–Kier alpha value is -4.47. The molecular weight excluding hydrogens is 624 g/mol. The molecule has 0 unspecified atom stereocenters. The first-order valence-electron chi connectivity index (χ1n) is 17.5. The molecule has 0 radical (unpaired) electrons. The highest BCUT2D eigenvalue weighted by atomic mass is 16.4. The second-order valence-electron chi connectivity index (χ2n) is 12.9. The van der Waals surface area contributed by atoms with E-state index in [0.29, 0.717) is 30.6 Å². The number of carboxylic acid groups (broad SMARTS) is 3. The van der Waals surface area contributed by atoms with Gasteiger partial charge in [0.2, 0.25) is 5.91 Å². The summed E-state index contributed by atoms with van der Waals surface area (Å²) in [6.45, 7) is 2.16. The van der Waals surface area contributed by atoms with Crippen LogP contribution < -0.4 is 10.2 Å². The van der Waals surface area contributed by atoms with Crippen molar-refractivity contribution in [3.05, 3.63) is 66.2 Å². The van der Waals surface area contributed by atoms with Crippen LogP contribution in [-0.4, -0.2) is 65.1 Å². The molecule has 0 saturated carbocycles. The van der Waals surface area contributed by atoms with Crippen molar-refractivity contribution in [2.75, 3.05) is 19.0 Å². The van der Waals surface area contributed by atoms with Crippen LogP contribution in [0.2, 0.25) is 0 Å². The Kier molecular flexibility index (Phi) is 18.5. The Morgan fingerprint density at radius 3 is 1.80 bits per heavy atom. The maximum atomic E-state index is 13.4. The van der Waals surface area contributed by atoms with Gasteiger partial charge in [0, 0.05) is 39.0 Å². The zero-order valence-corrected chi connectivity index (χ0v) is 29.2. The SMILES string of the molecule is CCCCCCCC(=O)CCCCCC/C=C/[C@H](C(=O)N[C@@H](Cc1ccc(-c2ccc(N(C)C)cc2)cc1)C(=O)O)[C@@H](CC(=O)O)C(=O)O.